The average Bonchev–Trinajstić information content (AvgIpc) is 3.27. The Morgan fingerprint density at radius 2 is 1.96 bits per heavy atom. The molecule has 2 aromatic rings. The Morgan fingerprint density at radius 1 is 1.18 bits per heavy atom. The van der Waals surface area contributed by atoms with Crippen molar-refractivity contribution in [2.75, 3.05) is 13.4 Å². The molecule has 0 saturated carbocycles. The highest BCUT2D eigenvalue weighted by atomic mass is 32.2. The summed E-state index contributed by atoms with van der Waals surface area (Å²) < 4.78 is 16.7. The molecular formula is C21H17NO4S2. The van der Waals surface area contributed by atoms with Gasteiger partial charge in [0.15, 0.2) is 11.5 Å². The molecule has 0 spiro atoms. The summed E-state index contributed by atoms with van der Waals surface area (Å²) in [6, 6.07) is 13.2. The molecule has 7 heteroatoms. The number of thioether (sulfide) groups is 1. The molecule has 0 radical (unpaired) electrons. The molecule has 1 amide bonds. The van der Waals surface area contributed by atoms with Crippen molar-refractivity contribution in [3.8, 4) is 17.2 Å². The monoisotopic (exact) mass is 411 g/mol. The number of amides is 1. The number of fused-ring (bicyclic) bond motifs is 1. The van der Waals surface area contributed by atoms with Gasteiger partial charge in [0.25, 0.3) is 5.91 Å². The van der Waals surface area contributed by atoms with E-state index in [0.717, 1.165) is 22.6 Å². The van der Waals surface area contributed by atoms with Crippen LogP contribution in [0.4, 0.5) is 0 Å². The maximum Gasteiger partial charge on any atom is 0.266 e. The molecule has 2 aliphatic heterocycles. The second-order valence-electron chi connectivity index (χ2n) is 6.12. The van der Waals surface area contributed by atoms with Crippen LogP contribution in [0.3, 0.4) is 0 Å². The number of benzene rings is 2. The first kappa shape index (κ1) is 18.6. The molecule has 2 heterocycles. The van der Waals surface area contributed by atoms with Crippen LogP contribution in [-0.2, 0) is 11.3 Å². The van der Waals surface area contributed by atoms with Crippen LogP contribution in [0, 0.1) is 0 Å². The van der Waals surface area contributed by atoms with Crippen molar-refractivity contribution in [3.63, 3.8) is 0 Å². The van der Waals surface area contributed by atoms with Crippen molar-refractivity contribution in [2.24, 2.45) is 0 Å². The fourth-order valence-corrected chi connectivity index (χ4v) is 4.08. The van der Waals surface area contributed by atoms with Crippen LogP contribution in [0.2, 0.25) is 0 Å². The number of hydrogen-bond acceptors (Lipinski definition) is 6. The third kappa shape index (κ3) is 3.90. The normalized spacial score (nSPS) is 16.7. The van der Waals surface area contributed by atoms with E-state index in [4.69, 9.17) is 26.4 Å². The minimum Gasteiger partial charge on any atom is -0.490 e. The van der Waals surface area contributed by atoms with Crippen molar-refractivity contribution in [1.82, 2.24) is 4.90 Å². The van der Waals surface area contributed by atoms with Gasteiger partial charge in [0.05, 0.1) is 11.4 Å². The molecule has 4 rings (SSSR count). The van der Waals surface area contributed by atoms with E-state index in [0.29, 0.717) is 28.1 Å². The van der Waals surface area contributed by atoms with Crippen LogP contribution < -0.4 is 14.2 Å². The quantitative estimate of drug-likeness (QED) is 0.399. The third-order valence-electron chi connectivity index (χ3n) is 4.20. The van der Waals surface area contributed by atoms with E-state index in [-0.39, 0.29) is 12.7 Å². The minimum atomic E-state index is -0.0975. The van der Waals surface area contributed by atoms with Crippen molar-refractivity contribution >= 4 is 40.3 Å². The molecule has 2 aliphatic rings. The molecular weight excluding hydrogens is 394 g/mol. The van der Waals surface area contributed by atoms with Gasteiger partial charge in [0, 0.05) is 0 Å². The topological polar surface area (TPSA) is 48.0 Å². The van der Waals surface area contributed by atoms with Crippen molar-refractivity contribution < 1.29 is 19.0 Å². The van der Waals surface area contributed by atoms with E-state index in [1.54, 1.807) is 11.0 Å². The van der Waals surface area contributed by atoms with E-state index in [2.05, 4.69) is 6.58 Å². The largest absolute Gasteiger partial charge is 0.490 e. The lowest BCUT2D eigenvalue weighted by molar-refractivity contribution is -0.122. The van der Waals surface area contributed by atoms with Gasteiger partial charge >= 0.3 is 0 Å². The summed E-state index contributed by atoms with van der Waals surface area (Å²) in [5.74, 6) is 2.07. The number of ether oxygens (including phenoxy) is 3. The van der Waals surface area contributed by atoms with Gasteiger partial charge in [-0.25, -0.2) is 0 Å². The van der Waals surface area contributed by atoms with E-state index in [1.165, 1.54) is 11.8 Å². The Labute approximate surface area is 172 Å². The molecule has 5 nitrogen and oxygen atoms in total. The fraction of sp³-hybridized carbons (Fsp3) is 0.143. The standard InChI is InChI=1S/C21H17NO4S2/c1-2-9-24-16-6-3-14(4-7-16)11-19-20(23)22(21(27)28-19)12-15-5-8-17-18(10-15)26-13-25-17/h2-8,10-11H,1,9,12-13H2/b19-11-. The predicted octanol–water partition coefficient (Wildman–Crippen LogP) is 4.38. The summed E-state index contributed by atoms with van der Waals surface area (Å²) >= 11 is 6.73. The number of carbonyl (C=O) groups excluding carboxylic acids is 1. The van der Waals surface area contributed by atoms with Crippen LogP contribution in [0.25, 0.3) is 6.08 Å². The molecule has 2 aromatic carbocycles. The molecule has 1 fully saturated rings. The van der Waals surface area contributed by atoms with Crippen molar-refractivity contribution in [3.05, 3.63) is 71.2 Å². The van der Waals surface area contributed by atoms with E-state index >= 15 is 0 Å². The highest BCUT2D eigenvalue weighted by Crippen LogP contribution is 2.36. The van der Waals surface area contributed by atoms with Gasteiger partial charge in [-0.1, -0.05) is 54.8 Å². The maximum absolute atomic E-state index is 12.8. The summed E-state index contributed by atoms with van der Waals surface area (Å²) in [6.45, 7) is 4.70. The van der Waals surface area contributed by atoms with Gasteiger partial charge in [-0.15, -0.1) is 0 Å². The van der Waals surface area contributed by atoms with Crippen LogP contribution in [0.1, 0.15) is 11.1 Å². The van der Waals surface area contributed by atoms with Gasteiger partial charge in [0.1, 0.15) is 16.7 Å². The predicted molar refractivity (Wildman–Crippen MR) is 113 cm³/mol. The first-order valence-electron chi connectivity index (χ1n) is 8.62. The number of thiocarbonyl (C=S) groups is 1. The highest BCUT2D eigenvalue weighted by molar-refractivity contribution is 8.26. The van der Waals surface area contributed by atoms with Crippen LogP contribution in [0.15, 0.2) is 60.0 Å². The van der Waals surface area contributed by atoms with Gasteiger partial charge < -0.3 is 14.2 Å². The molecule has 0 bridgehead atoms. The Kier molecular flexibility index (Phi) is 5.36. The summed E-state index contributed by atoms with van der Waals surface area (Å²) in [5, 5.41) is 0. The van der Waals surface area contributed by atoms with Gasteiger partial charge in [0.2, 0.25) is 6.79 Å². The second-order valence-corrected chi connectivity index (χ2v) is 7.80. The SMILES string of the molecule is C=CCOc1ccc(/C=C2\SC(=S)N(Cc3ccc4c(c3)OCO4)C2=O)cc1. The van der Waals surface area contributed by atoms with Crippen LogP contribution in [0.5, 0.6) is 17.2 Å². The summed E-state index contributed by atoms with van der Waals surface area (Å²) in [6.07, 6.45) is 3.54. The molecule has 0 aliphatic carbocycles. The lowest BCUT2D eigenvalue weighted by Crippen LogP contribution is -2.27. The lowest BCUT2D eigenvalue weighted by atomic mass is 10.2. The van der Waals surface area contributed by atoms with Gasteiger partial charge in [-0.05, 0) is 41.5 Å². The Bertz CT molecular complexity index is 969. The average molecular weight is 412 g/mol. The van der Waals surface area contributed by atoms with Crippen LogP contribution in [-0.4, -0.2) is 28.5 Å². The third-order valence-corrected chi connectivity index (χ3v) is 5.57. The molecule has 28 heavy (non-hydrogen) atoms. The molecule has 1 saturated heterocycles. The van der Waals surface area contributed by atoms with E-state index < -0.39 is 0 Å². The molecule has 0 atom stereocenters. The maximum atomic E-state index is 12.8. The zero-order chi connectivity index (χ0) is 19.5. The summed E-state index contributed by atoms with van der Waals surface area (Å²) in [5.41, 5.74) is 1.85. The number of rotatable bonds is 6. The van der Waals surface area contributed by atoms with Gasteiger partial charge in [-0.2, -0.15) is 0 Å². The number of nitrogens with zero attached hydrogens (tertiary/aromatic N) is 1. The Balaban J connectivity index is 1.47. The van der Waals surface area contributed by atoms with Crippen molar-refractivity contribution in [2.45, 2.75) is 6.54 Å². The number of carbonyl (C=O) groups is 1. The van der Waals surface area contributed by atoms with Crippen molar-refractivity contribution in [1.29, 1.82) is 0 Å². The number of hydrogen-bond donors (Lipinski definition) is 0. The van der Waals surface area contributed by atoms with Gasteiger partial charge in [-0.3, -0.25) is 9.69 Å². The summed E-state index contributed by atoms with van der Waals surface area (Å²) in [4.78, 5) is 15.0. The van der Waals surface area contributed by atoms with E-state index in [1.807, 2.05) is 48.5 Å². The zero-order valence-corrected chi connectivity index (χ0v) is 16.6. The molecule has 0 N–H and O–H groups in total. The molecule has 0 aromatic heterocycles. The minimum absolute atomic E-state index is 0.0975. The molecule has 142 valence electrons. The van der Waals surface area contributed by atoms with E-state index in [9.17, 15) is 4.79 Å². The summed E-state index contributed by atoms with van der Waals surface area (Å²) in [7, 11) is 0. The second kappa shape index (κ2) is 8.08. The Hall–Kier alpha value is -2.77. The smallest absolute Gasteiger partial charge is 0.266 e. The first-order chi connectivity index (χ1) is 13.6. The molecule has 0 unspecified atom stereocenters. The zero-order valence-electron chi connectivity index (χ0n) is 14.9. The first-order valence-corrected chi connectivity index (χ1v) is 9.84. The van der Waals surface area contributed by atoms with Crippen LogP contribution >= 0.6 is 24.0 Å². The fourth-order valence-electron chi connectivity index (χ4n) is 2.82. The highest BCUT2D eigenvalue weighted by Gasteiger charge is 2.32. The lowest BCUT2D eigenvalue weighted by Gasteiger charge is -2.14. The Morgan fingerprint density at radius 3 is 2.75 bits per heavy atom.